The number of carbonyl (C=O) groups excluding carboxylic acids is 2. The maximum atomic E-state index is 12.8. The van der Waals surface area contributed by atoms with Crippen molar-refractivity contribution in [3.8, 4) is 0 Å². The summed E-state index contributed by atoms with van der Waals surface area (Å²) in [6, 6.07) is 12.0. The number of nitrogens with zero attached hydrogens (tertiary/aromatic N) is 2. The number of hydrogen-bond acceptors (Lipinski definition) is 4. The fourth-order valence-corrected chi connectivity index (χ4v) is 4.25. The van der Waals surface area contributed by atoms with Gasteiger partial charge in [0.15, 0.2) is 0 Å². The van der Waals surface area contributed by atoms with Gasteiger partial charge in [0.05, 0.1) is 11.1 Å². The van der Waals surface area contributed by atoms with Crippen LogP contribution >= 0.6 is 0 Å². The van der Waals surface area contributed by atoms with E-state index in [2.05, 4.69) is 0 Å². The van der Waals surface area contributed by atoms with Crippen molar-refractivity contribution in [2.75, 3.05) is 9.80 Å². The zero-order valence-electron chi connectivity index (χ0n) is 15.4. The molecule has 8 nitrogen and oxygen atoms in total. The molecule has 2 fully saturated rings. The van der Waals surface area contributed by atoms with Crippen molar-refractivity contribution < 1.29 is 29.4 Å². The maximum absolute atomic E-state index is 12.8. The van der Waals surface area contributed by atoms with Crippen LogP contribution in [0.4, 0.5) is 11.4 Å². The van der Waals surface area contributed by atoms with Crippen molar-refractivity contribution in [3.63, 3.8) is 0 Å². The molecular formula is C21H18N2O6. The summed E-state index contributed by atoms with van der Waals surface area (Å²) in [4.78, 5) is 51.0. The van der Waals surface area contributed by atoms with Gasteiger partial charge in [-0.15, -0.1) is 0 Å². The highest BCUT2D eigenvalue weighted by molar-refractivity contribution is 6.06. The molecule has 4 rings (SSSR count). The number of hydrogen-bond donors (Lipinski definition) is 2. The van der Waals surface area contributed by atoms with Gasteiger partial charge in [0, 0.05) is 24.2 Å². The van der Waals surface area contributed by atoms with Gasteiger partial charge in [0.25, 0.3) is 0 Å². The highest BCUT2D eigenvalue weighted by atomic mass is 16.4. The lowest BCUT2D eigenvalue weighted by atomic mass is 10.0. The Hall–Kier alpha value is -3.68. The van der Waals surface area contributed by atoms with Crippen LogP contribution < -0.4 is 9.80 Å². The molecule has 2 aliphatic heterocycles. The van der Waals surface area contributed by atoms with Crippen LogP contribution in [0.2, 0.25) is 0 Å². The summed E-state index contributed by atoms with van der Waals surface area (Å²) in [5.41, 5.74) is 0.388. The van der Waals surface area contributed by atoms with Crippen molar-refractivity contribution in [1.82, 2.24) is 0 Å². The zero-order valence-corrected chi connectivity index (χ0v) is 15.4. The predicted octanol–water partition coefficient (Wildman–Crippen LogP) is 2.73. The number of carboxylic acids is 2. The van der Waals surface area contributed by atoms with E-state index in [1.54, 1.807) is 34.1 Å². The molecule has 2 saturated heterocycles. The van der Waals surface area contributed by atoms with Gasteiger partial charge in [-0.1, -0.05) is 0 Å². The summed E-state index contributed by atoms with van der Waals surface area (Å²) in [5.74, 6) is -2.41. The van der Waals surface area contributed by atoms with Crippen molar-refractivity contribution in [3.05, 3.63) is 59.7 Å². The fourth-order valence-electron chi connectivity index (χ4n) is 4.25. The summed E-state index contributed by atoms with van der Waals surface area (Å²) in [6.45, 7) is 0. The third-order valence-corrected chi connectivity index (χ3v) is 5.55. The second kappa shape index (κ2) is 6.73. The molecule has 2 aromatic rings. The Morgan fingerprint density at radius 1 is 0.690 bits per heavy atom. The number of carbonyl (C=O) groups is 4. The van der Waals surface area contributed by atoms with E-state index in [-0.39, 0.29) is 35.8 Å². The lowest BCUT2D eigenvalue weighted by Crippen LogP contribution is -2.56. The highest BCUT2D eigenvalue weighted by Gasteiger charge is 2.56. The molecule has 0 atom stereocenters. The second-order valence-corrected chi connectivity index (χ2v) is 7.14. The molecule has 2 heterocycles. The highest BCUT2D eigenvalue weighted by Crippen LogP contribution is 2.47. The van der Waals surface area contributed by atoms with Gasteiger partial charge in [0.2, 0.25) is 11.8 Å². The average molecular weight is 394 g/mol. The van der Waals surface area contributed by atoms with E-state index in [9.17, 15) is 19.2 Å². The molecule has 0 aromatic heterocycles. The monoisotopic (exact) mass is 394 g/mol. The van der Waals surface area contributed by atoms with Crippen LogP contribution in [0.3, 0.4) is 0 Å². The molecule has 2 N–H and O–H groups in total. The Bertz CT molecular complexity index is 929. The molecule has 1 spiro atoms. The molecule has 2 aromatic carbocycles. The lowest BCUT2D eigenvalue weighted by Gasteiger charge is -2.42. The minimum Gasteiger partial charge on any atom is -0.478 e. The van der Waals surface area contributed by atoms with Crippen LogP contribution in [-0.2, 0) is 9.59 Å². The maximum Gasteiger partial charge on any atom is 0.335 e. The van der Waals surface area contributed by atoms with Crippen molar-refractivity contribution in [2.45, 2.75) is 31.3 Å². The minimum absolute atomic E-state index is 0.109. The molecule has 0 bridgehead atoms. The number of aromatic carboxylic acids is 2. The molecule has 0 aliphatic carbocycles. The third-order valence-electron chi connectivity index (χ3n) is 5.55. The first-order chi connectivity index (χ1) is 13.8. The molecule has 0 saturated carbocycles. The van der Waals surface area contributed by atoms with Crippen LogP contribution in [0.1, 0.15) is 46.4 Å². The van der Waals surface area contributed by atoms with Gasteiger partial charge in [-0.3, -0.25) is 19.4 Å². The first kappa shape index (κ1) is 18.7. The number of anilines is 2. The number of benzene rings is 2. The predicted molar refractivity (Wildman–Crippen MR) is 103 cm³/mol. The van der Waals surface area contributed by atoms with E-state index in [0.29, 0.717) is 24.2 Å². The fraction of sp³-hybridized carbons (Fsp3) is 0.238. The summed E-state index contributed by atoms with van der Waals surface area (Å²) in [5, 5.41) is 18.2. The number of amides is 2. The number of rotatable bonds is 4. The van der Waals surface area contributed by atoms with E-state index in [0.717, 1.165) is 0 Å². The van der Waals surface area contributed by atoms with Crippen molar-refractivity contribution in [2.24, 2.45) is 0 Å². The van der Waals surface area contributed by atoms with E-state index >= 15 is 0 Å². The van der Waals surface area contributed by atoms with Gasteiger partial charge < -0.3 is 10.2 Å². The topological polar surface area (TPSA) is 115 Å². The molecular weight excluding hydrogens is 376 g/mol. The summed E-state index contributed by atoms with van der Waals surface area (Å²) in [6.07, 6.45) is 1.41. The van der Waals surface area contributed by atoms with E-state index in [4.69, 9.17) is 10.2 Å². The van der Waals surface area contributed by atoms with Crippen molar-refractivity contribution >= 4 is 35.1 Å². The molecule has 8 heteroatoms. The van der Waals surface area contributed by atoms with Crippen LogP contribution in [0.5, 0.6) is 0 Å². The third kappa shape index (κ3) is 2.93. The minimum atomic E-state index is -1.06. The largest absolute Gasteiger partial charge is 0.478 e. The van der Waals surface area contributed by atoms with Gasteiger partial charge in [-0.25, -0.2) is 9.59 Å². The van der Waals surface area contributed by atoms with Gasteiger partial charge in [-0.2, -0.15) is 0 Å². The Labute approximate surface area is 166 Å². The summed E-state index contributed by atoms with van der Waals surface area (Å²) in [7, 11) is 0. The summed E-state index contributed by atoms with van der Waals surface area (Å²) < 4.78 is 0. The van der Waals surface area contributed by atoms with Gasteiger partial charge in [0.1, 0.15) is 5.66 Å². The first-order valence-corrected chi connectivity index (χ1v) is 9.16. The Kier molecular flexibility index (Phi) is 4.34. The molecule has 148 valence electrons. The van der Waals surface area contributed by atoms with Crippen molar-refractivity contribution in [1.29, 1.82) is 0 Å². The number of carboxylic acid groups (broad SMARTS) is 2. The zero-order chi connectivity index (χ0) is 20.8. The standard InChI is InChI=1S/C21H18N2O6/c24-17-9-11-21(22(17)15-5-1-13(2-6-15)19(26)27)12-10-18(25)23(21)16-7-3-14(4-8-16)20(28)29/h1-8H,9-12H2,(H,26,27)(H,28,29). The Morgan fingerprint density at radius 2 is 1.03 bits per heavy atom. The molecule has 2 amide bonds. The van der Waals surface area contributed by atoms with Crippen LogP contribution in [0.25, 0.3) is 0 Å². The molecule has 0 radical (unpaired) electrons. The second-order valence-electron chi connectivity index (χ2n) is 7.14. The average Bonchev–Trinajstić information content (AvgIpc) is 3.21. The van der Waals surface area contributed by atoms with Crippen LogP contribution in [0.15, 0.2) is 48.5 Å². The first-order valence-electron chi connectivity index (χ1n) is 9.16. The van der Waals surface area contributed by atoms with Gasteiger partial charge >= 0.3 is 11.9 Å². The Morgan fingerprint density at radius 3 is 1.34 bits per heavy atom. The summed E-state index contributed by atoms with van der Waals surface area (Å²) >= 11 is 0. The van der Waals surface area contributed by atoms with Crippen LogP contribution in [-0.4, -0.2) is 39.6 Å². The molecule has 0 unspecified atom stereocenters. The van der Waals surface area contributed by atoms with E-state index in [1.165, 1.54) is 24.3 Å². The smallest absolute Gasteiger partial charge is 0.335 e. The normalized spacial score (nSPS) is 17.9. The SMILES string of the molecule is O=C(O)c1ccc(N2C(=O)CCC23CCC(=O)N3c2ccc(C(=O)O)cc2)cc1. The Balaban J connectivity index is 1.76. The molecule has 29 heavy (non-hydrogen) atoms. The quantitative estimate of drug-likeness (QED) is 0.824. The van der Waals surface area contributed by atoms with Gasteiger partial charge in [-0.05, 0) is 61.4 Å². The van der Waals surface area contributed by atoms with Crippen LogP contribution in [0, 0.1) is 0 Å². The lowest BCUT2D eigenvalue weighted by molar-refractivity contribution is -0.117. The molecule has 2 aliphatic rings. The van der Waals surface area contributed by atoms with E-state index in [1.807, 2.05) is 0 Å². The van der Waals surface area contributed by atoms with E-state index < -0.39 is 17.6 Å².